The van der Waals surface area contributed by atoms with Crippen molar-refractivity contribution < 1.29 is 56.4 Å². The fraction of sp³-hybridized carbons (Fsp3) is 0.135. The maximum Gasteiger partial charge on any atom is 1.00 e. The van der Waals surface area contributed by atoms with Gasteiger partial charge in [-0.3, -0.25) is 9.78 Å². The van der Waals surface area contributed by atoms with Gasteiger partial charge in [0.05, 0.1) is 0 Å². The number of carbonyl (C=O) groups is 1. The number of aliphatic hydroxyl groups is 1. The Balaban J connectivity index is 0.000000271. The van der Waals surface area contributed by atoms with Gasteiger partial charge in [-0.2, -0.15) is 36.4 Å². The fourth-order valence-electron chi connectivity index (χ4n) is 3.96. The van der Waals surface area contributed by atoms with E-state index in [0.29, 0.717) is 32.9 Å². The first-order valence-corrected chi connectivity index (χ1v) is 16.8. The molecule has 7 aromatic rings. The second kappa shape index (κ2) is 23.3. The van der Waals surface area contributed by atoms with E-state index in [0.717, 1.165) is 16.7 Å². The third kappa shape index (κ3) is 13.3. The zero-order chi connectivity index (χ0) is 35.6. The van der Waals surface area contributed by atoms with Crippen molar-refractivity contribution >= 4 is 28.5 Å². The topological polar surface area (TPSA) is 128 Å². The van der Waals surface area contributed by atoms with Gasteiger partial charge in [0.2, 0.25) is 0 Å². The van der Waals surface area contributed by atoms with Gasteiger partial charge in [-0.15, -0.1) is 20.4 Å². The number of hydrogen-bond donors (Lipinski definition) is 1. The molecule has 1 atom stereocenters. The Hall–Kier alpha value is -4.31. The number of halogens is 2. The summed E-state index contributed by atoms with van der Waals surface area (Å²) >= 11 is 2.53. The number of hydrogen-bond acceptors (Lipinski definition) is 11. The van der Waals surface area contributed by atoms with Crippen LogP contribution in [0.3, 0.4) is 0 Å². The van der Waals surface area contributed by atoms with E-state index >= 15 is 0 Å². The van der Waals surface area contributed by atoms with Gasteiger partial charge in [0.25, 0.3) is 0 Å². The van der Waals surface area contributed by atoms with E-state index in [1.807, 2.05) is 6.92 Å². The summed E-state index contributed by atoms with van der Waals surface area (Å²) in [4.78, 5) is 22.8. The Kier molecular flexibility index (Phi) is 19.6. The van der Waals surface area contributed by atoms with Crippen LogP contribution in [-0.2, 0) is 5.60 Å². The van der Waals surface area contributed by atoms with Gasteiger partial charge >= 0.3 is 37.7 Å². The predicted molar refractivity (Wildman–Crippen MR) is 189 cm³/mol. The van der Waals surface area contributed by atoms with Crippen LogP contribution in [0.25, 0.3) is 21.1 Å². The molecular formula is C37H31F2Li2N7O2S2. The SMILES string of the molecule is CCC(=O)c1nnc(-c2ccc(F)cc2)s1.CCC(O)(c1ccncc1)c1nnc(-c2ccc(F)cc2)s1.[Li+].[Li+].[c-]1ccncc1.[c-]1ccncc1. The summed E-state index contributed by atoms with van der Waals surface area (Å²) < 4.78 is 25.7. The molecule has 0 aliphatic carbocycles. The monoisotopic (exact) mass is 721 g/mol. The minimum absolute atomic E-state index is 0. The molecule has 0 spiro atoms. The standard InChI is InChI=1S/C16H14FN3OS.C11H9FN2OS.2C5H4N.2Li/c1-2-16(21,12-7-9-18-10-8-12)15-20-19-14(22-15)11-3-5-13(17)6-4-11;1-2-9(15)11-14-13-10(16-11)7-3-5-8(12)6-4-7;2*1-2-4-6-5-3-1;;/h3-10,21H,2H2,1H3;3-6H,2H2,1H3;2*2-5H;;/q;;2*-1;2*+1. The van der Waals surface area contributed by atoms with E-state index < -0.39 is 5.60 Å². The van der Waals surface area contributed by atoms with Crippen molar-refractivity contribution in [3.63, 3.8) is 0 Å². The normalized spacial score (nSPS) is 10.9. The molecule has 0 saturated carbocycles. The van der Waals surface area contributed by atoms with Crippen LogP contribution in [0.5, 0.6) is 0 Å². The maximum absolute atomic E-state index is 13.0. The van der Waals surface area contributed by atoms with Crippen LogP contribution >= 0.6 is 22.7 Å². The smallest absolute Gasteiger partial charge is 0.391 e. The summed E-state index contributed by atoms with van der Waals surface area (Å²) in [5.41, 5.74) is 1.08. The molecule has 0 aliphatic rings. The third-order valence-electron chi connectivity index (χ3n) is 6.64. The average Bonchev–Trinajstić information content (AvgIpc) is 3.89. The van der Waals surface area contributed by atoms with Crippen molar-refractivity contribution in [2.24, 2.45) is 0 Å². The molecule has 5 heterocycles. The van der Waals surface area contributed by atoms with E-state index in [-0.39, 0.29) is 55.1 Å². The molecule has 7 rings (SSSR count). The Morgan fingerprint density at radius 1 is 0.654 bits per heavy atom. The summed E-state index contributed by atoms with van der Waals surface area (Å²) in [6, 6.07) is 28.3. The first-order valence-electron chi connectivity index (χ1n) is 15.2. The van der Waals surface area contributed by atoms with Crippen LogP contribution in [0.4, 0.5) is 8.78 Å². The van der Waals surface area contributed by atoms with Crippen LogP contribution in [0, 0.1) is 23.8 Å². The fourth-order valence-corrected chi connectivity index (χ4v) is 5.85. The van der Waals surface area contributed by atoms with E-state index in [1.165, 1.54) is 46.9 Å². The van der Waals surface area contributed by atoms with Crippen LogP contribution in [0.2, 0.25) is 0 Å². The van der Waals surface area contributed by atoms with Crippen molar-refractivity contribution in [2.45, 2.75) is 32.3 Å². The second-order valence-corrected chi connectivity index (χ2v) is 11.9. The number of rotatable bonds is 7. The molecule has 0 aliphatic heterocycles. The molecule has 15 heteroatoms. The van der Waals surface area contributed by atoms with E-state index in [9.17, 15) is 18.7 Å². The van der Waals surface area contributed by atoms with Crippen molar-refractivity contribution in [3.8, 4) is 21.1 Å². The molecule has 9 nitrogen and oxygen atoms in total. The molecule has 254 valence electrons. The zero-order valence-electron chi connectivity index (χ0n) is 29.0. The molecule has 0 saturated heterocycles. The number of nitrogens with zero attached hydrogens (tertiary/aromatic N) is 7. The van der Waals surface area contributed by atoms with E-state index in [4.69, 9.17) is 0 Å². The summed E-state index contributed by atoms with van der Waals surface area (Å²) in [5.74, 6) is -0.612. The van der Waals surface area contributed by atoms with Gasteiger partial charge in [-0.05, 0) is 72.6 Å². The first kappa shape index (κ1) is 43.9. The van der Waals surface area contributed by atoms with Crippen LogP contribution in [0.1, 0.15) is 47.1 Å². The Morgan fingerprint density at radius 3 is 1.50 bits per heavy atom. The number of carbonyl (C=O) groups excluding carboxylic acids is 1. The van der Waals surface area contributed by atoms with Gasteiger partial charge in [-0.1, -0.05) is 61.3 Å². The number of ketones is 1. The van der Waals surface area contributed by atoms with Gasteiger partial charge in [0, 0.05) is 29.9 Å². The van der Waals surface area contributed by atoms with Crippen LogP contribution in [0.15, 0.2) is 122 Å². The van der Waals surface area contributed by atoms with Crippen LogP contribution in [-0.4, -0.2) is 46.2 Å². The summed E-state index contributed by atoms with van der Waals surface area (Å²) in [7, 11) is 0. The van der Waals surface area contributed by atoms with Gasteiger partial charge in [-0.25, -0.2) is 8.78 Å². The Morgan fingerprint density at radius 2 is 1.10 bits per heavy atom. The number of Topliss-reactive ketones (excluding diaryl/α,β-unsaturated/α-hetero) is 1. The average molecular weight is 722 g/mol. The van der Waals surface area contributed by atoms with Crippen molar-refractivity contribution in [2.75, 3.05) is 0 Å². The molecule has 0 radical (unpaired) electrons. The molecule has 52 heavy (non-hydrogen) atoms. The predicted octanol–water partition coefficient (Wildman–Crippen LogP) is 2.09. The molecule has 1 unspecified atom stereocenters. The summed E-state index contributed by atoms with van der Waals surface area (Å²) in [5, 5.41) is 29.2. The second-order valence-electron chi connectivity index (χ2n) is 9.96. The minimum Gasteiger partial charge on any atom is -0.391 e. The molecule has 5 aromatic heterocycles. The quantitative estimate of drug-likeness (QED) is 0.150. The largest absolute Gasteiger partial charge is 1.00 e. The maximum atomic E-state index is 13.0. The molecule has 0 amide bonds. The Bertz CT molecular complexity index is 1910. The molecular weight excluding hydrogens is 690 g/mol. The van der Waals surface area contributed by atoms with Crippen molar-refractivity contribution in [3.05, 3.63) is 161 Å². The third-order valence-corrected chi connectivity index (χ3v) is 8.78. The number of pyridine rings is 3. The summed E-state index contributed by atoms with van der Waals surface area (Å²) in [6.07, 6.45) is 10.9. The number of benzene rings is 2. The van der Waals surface area contributed by atoms with Gasteiger partial charge in [0.15, 0.2) is 15.8 Å². The van der Waals surface area contributed by atoms with Gasteiger partial charge < -0.3 is 15.1 Å². The number of aromatic nitrogens is 7. The van der Waals surface area contributed by atoms with Crippen LogP contribution < -0.4 is 37.7 Å². The first-order chi connectivity index (χ1) is 24.3. The van der Waals surface area contributed by atoms with Crippen molar-refractivity contribution in [1.82, 2.24) is 35.3 Å². The Labute approximate surface area is 333 Å². The minimum atomic E-state index is -1.20. The molecule has 2 aromatic carbocycles. The molecule has 1 N–H and O–H groups in total. The van der Waals surface area contributed by atoms with Gasteiger partial charge in [0.1, 0.15) is 27.3 Å². The van der Waals surface area contributed by atoms with E-state index in [2.05, 4.69) is 47.5 Å². The summed E-state index contributed by atoms with van der Waals surface area (Å²) in [6.45, 7) is 3.67. The van der Waals surface area contributed by atoms with E-state index in [1.54, 1.807) is 105 Å². The zero-order valence-corrected chi connectivity index (χ0v) is 30.7. The molecule has 0 fully saturated rings. The molecule has 0 bridgehead atoms. The van der Waals surface area contributed by atoms with Crippen molar-refractivity contribution in [1.29, 1.82) is 0 Å².